The second kappa shape index (κ2) is 8.31. The number of benzene rings is 1. The Morgan fingerprint density at radius 3 is 2.60 bits per heavy atom. The molecule has 0 bridgehead atoms. The number of nitrogens with one attached hydrogen (secondary N) is 2. The van der Waals surface area contributed by atoms with Crippen molar-refractivity contribution in [3.63, 3.8) is 0 Å². The minimum atomic E-state index is -0.196. The van der Waals surface area contributed by atoms with Gasteiger partial charge in [-0.25, -0.2) is 9.48 Å². The molecule has 1 aliphatic rings. The van der Waals surface area contributed by atoms with E-state index >= 15 is 0 Å². The van der Waals surface area contributed by atoms with Crippen LogP contribution < -0.4 is 10.6 Å². The summed E-state index contributed by atoms with van der Waals surface area (Å²) in [5.41, 5.74) is 2.37. The zero-order valence-electron chi connectivity index (χ0n) is 16.7. The molecule has 3 amide bonds. The summed E-state index contributed by atoms with van der Waals surface area (Å²) in [6.07, 6.45) is 2.66. The zero-order chi connectivity index (χ0) is 21.1. The third kappa shape index (κ3) is 4.29. The van der Waals surface area contributed by atoms with Crippen molar-refractivity contribution in [2.45, 2.75) is 26.7 Å². The van der Waals surface area contributed by atoms with Crippen molar-refractivity contribution in [2.24, 2.45) is 5.92 Å². The molecular weight excluding hydrogens is 388 g/mol. The van der Waals surface area contributed by atoms with Crippen molar-refractivity contribution in [3.8, 4) is 5.69 Å². The lowest BCUT2D eigenvalue weighted by Crippen LogP contribution is -2.43. The Hall–Kier alpha value is -3.76. The fourth-order valence-electron chi connectivity index (χ4n) is 3.36. The molecule has 0 aliphatic carbocycles. The average molecular weight is 410 g/mol. The predicted molar refractivity (Wildman–Crippen MR) is 107 cm³/mol. The van der Waals surface area contributed by atoms with E-state index in [1.807, 2.05) is 25.1 Å². The van der Waals surface area contributed by atoms with Gasteiger partial charge in [0.25, 0.3) is 0 Å². The van der Waals surface area contributed by atoms with Crippen molar-refractivity contribution in [2.75, 3.05) is 23.7 Å². The maximum atomic E-state index is 12.7. The van der Waals surface area contributed by atoms with E-state index in [9.17, 15) is 9.59 Å². The molecule has 3 aromatic rings. The first kappa shape index (κ1) is 19.6. The highest BCUT2D eigenvalue weighted by molar-refractivity contribution is 5.93. The molecule has 4 rings (SSSR count). The number of aryl methyl sites for hydroxylation is 2. The normalized spacial score (nSPS) is 14.5. The number of rotatable bonds is 4. The quantitative estimate of drug-likeness (QED) is 0.674. The van der Waals surface area contributed by atoms with Gasteiger partial charge in [-0.15, -0.1) is 5.10 Å². The zero-order valence-corrected chi connectivity index (χ0v) is 16.7. The molecule has 0 radical (unpaired) electrons. The molecule has 1 aromatic carbocycles. The molecule has 156 valence electrons. The summed E-state index contributed by atoms with van der Waals surface area (Å²) in [7, 11) is 0. The van der Waals surface area contributed by atoms with Crippen molar-refractivity contribution in [1.82, 2.24) is 30.3 Å². The van der Waals surface area contributed by atoms with Gasteiger partial charge in [0.2, 0.25) is 5.91 Å². The SMILES string of the molecule is Cc1cc(NC(=O)C2CCN(C(=O)Nc3cc(-n4cnnn4)ccc3C)CC2)no1. The number of carbonyl (C=O) groups excluding carboxylic acids is 2. The summed E-state index contributed by atoms with van der Waals surface area (Å²) in [5, 5.41) is 20.6. The Labute approximate surface area is 172 Å². The van der Waals surface area contributed by atoms with Gasteiger partial charge >= 0.3 is 6.03 Å². The van der Waals surface area contributed by atoms with E-state index in [4.69, 9.17) is 4.52 Å². The number of aromatic nitrogens is 5. The second-order valence-corrected chi connectivity index (χ2v) is 7.26. The van der Waals surface area contributed by atoms with Gasteiger partial charge in [-0.3, -0.25) is 4.79 Å². The summed E-state index contributed by atoms with van der Waals surface area (Å²) < 4.78 is 6.48. The van der Waals surface area contributed by atoms with Gasteiger partial charge in [-0.1, -0.05) is 11.2 Å². The standard InChI is InChI=1S/C19H22N8O3/c1-12-3-4-15(27-11-20-24-25-27)10-16(12)21-19(29)26-7-5-14(6-8-26)18(28)22-17-9-13(2)30-23-17/h3-4,9-11,14H,5-8H2,1-2H3,(H,21,29)(H,22,23,28). The first-order valence-corrected chi connectivity index (χ1v) is 9.64. The smallest absolute Gasteiger partial charge is 0.321 e. The number of piperidine rings is 1. The number of amides is 3. The molecule has 1 saturated heterocycles. The molecule has 0 saturated carbocycles. The lowest BCUT2D eigenvalue weighted by Gasteiger charge is -2.31. The number of likely N-dealkylation sites (tertiary alicyclic amines) is 1. The summed E-state index contributed by atoms with van der Waals surface area (Å²) in [6, 6.07) is 7.07. The van der Waals surface area contributed by atoms with Crippen LogP contribution in [0.2, 0.25) is 0 Å². The van der Waals surface area contributed by atoms with Gasteiger partial charge in [0.15, 0.2) is 5.82 Å². The number of hydrogen-bond donors (Lipinski definition) is 2. The lowest BCUT2D eigenvalue weighted by molar-refractivity contribution is -0.121. The number of anilines is 2. The summed E-state index contributed by atoms with van der Waals surface area (Å²) >= 11 is 0. The lowest BCUT2D eigenvalue weighted by atomic mass is 9.96. The van der Waals surface area contributed by atoms with Gasteiger partial charge in [0.1, 0.15) is 12.1 Å². The Kier molecular flexibility index (Phi) is 5.42. The third-order valence-electron chi connectivity index (χ3n) is 5.11. The number of tetrazole rings is 1. The molecule has 1 fully saturated rings. The fraction of sp³-hybridized carbons (Fsp3) is 0.368. The van der Waals surface area contributed by atoms with E-state index < -0.39 is 0 Å². The Morgan fingerprint density at radius 1 is 1.13 bits per heavy atom. The van der Waals surface area contributed by atoms with Crippen LogP contribution in [0.1, 0.15) is 24.2 Å². The maximum absolute atomic E-state index is 12.7. The first-order valence-electron chi connectivity index (χ1n) is 9.64. The molecule has 3 heterocycles. The van der Waals surface area contributed by atoms with E-state index in [0.29, 0.717) is 43.2 Å². The predicted octanol–water partition coefficient (Wildman–Crippen LogP) is 2.15. The largest absolute Gasteiger partial charge is 0.360 e. The molecule has 0 spiro atoms. The van der Waals surface area contributed by atoms with Gasteiger partial charge < -0.3 is 20.1 Å². The van der Waals surface area contributed by atoms with E-state index in [0.717, 1.165) is 11.3 Å². The fourth-order valence-corrected chi connectivity index (χ4v) is 3.36. The van der Waals surface area contributed by atoms with Gasteiger partial charge in [0, 0.05) is 30.8 Å². The highest BCUT2D eigenvalue weighted by Gasteiger charge is 2.28. The topological polar surface area (TPSA) is 131 Å². The summed E-state index contributed by atoms with van der Waals surface area (Å²) in [6.45, 7) is 4.67. The molecule has 0 unspecified atom stereocenters. The van der Waals surface area contributed by atoms with Crippen LogP contribution in [0.5, 0.6) is 0 Å². The van der Waals surface area contributed by atoms with Crippen LogP contribution in [-0.2, 0) is 4.79 Å². The number of carbonyl (C=O) groups is 2. The van der Waals surface area contributed by atoms with Crippen molar-refractivity contribution in [1.29, 1.82) is 0 Å². The monoisotopic (exact) mass is 410 g/mol. The van der Waals surface area contributed by atoms with Crippen LogP contribution in [0.4, 0.5) is 16.3 Å². The molecule has 2 N–H and O–H groups in total. The first-order chi connectivity index (χ1) is 14.5. The van der Waals surface area contributed by atoms with E-state index in [1.165, 1.54) is 11.0 Å². The summed E-state index contributed by atoms with van der Waals surface area (Å²) in [4.78, 5) is 26.9. The van der Waals surface area contributed by atoms with Gasteiger partial charge in [-0.05, 0) is 54.8 Å². The molecule has 11 nitrogen and oxygen atoms in total. The van der Waals surface area contributed by atoms with Crippen LogP contribution in [0.15, 0.2) is 35.1 Å². The highest BCUT2D eigenvalue weighted by Crippen LogP contribution is 2.23. The molecular formula is C19H22N8O3. The molecule has 1 aliphatic heterocycles. The summed E-state index contributed by atoms with van der Waals surface area (Å²) in [5.74, 6) is 0.774. The minimum absolute atomic E-state index is 0.103. The molecule has 2 aromatic heterocycles. The van der Waals surface area contributed by atoms with Crippen LogP contribution in [0, 0.1) is 19.8 Å². The molecule has 0 atom stereocenters. The third-order valence-corrected chi connectivity index (χ3v) is 5.11. The minimum Gasteiger partial charge on any atom is -0.360 e. The van der Waals surface area contributed by atoms with Gasteiger partial charge in [0.05, 0.1) is 5.69 Å². The van der Waals surface area contributed by atoms with E-state index in [1.54, 1.807) is 17.9 Å². The molecule has 30 heavy (non-hydrogen) atoms. The second-order valence-electron chi connectivity index (χ2n) is 7.26. The van der Waals surface area contributed by atoms with Crippen LogP contribution >= 0.6 is 0 Å². The van der Waals surface area contributed by atoms with Crippen LogP contribution in [0.3, 0.4) is 0 Å². The Balaban J connectivity index is 1.33. The Morgan fingerprint density at radius 2 is 1.93 bits per heavy atom. The van der Waals surface area contributed by atoms with Crippen LogP contribution in [-0.4, -0.2) is 55.3 Å². The van der Waals surface area contributed by atoms with Gasteiger partial charge in [-0.2, -0.15) is 0 Å². The maximum Gasteiger partial charge on any atom is 0.321 e. The van der Waals surface area contributed by atoms with Crippen molar-refractivity contribution >= 4 is 23.4 Å². The number of urea groups is 1. The molecule has 11 heteroatoms. The Bertz CT molecular complexity index is 1040. The number of nitrogens with zero attached hydrogens (tertiary/aromatic N) is 6. The van der Waals surface area contributed by atoms with E-state index in [-0.39, 0.29) is 17.9 Å². The average Bonchev–Trinajstić information content (AvgIpc) is 3.42. The highest BCUT2D eigenvalue weighted by atomic mass is 16.5. The van der Waals surface area contributed by atoms with E-state index in [2.05, 4.69) is 31.3 Å². The number of hydrogen-bond acceptors (Lipinski definition) is 7. The van der Waals surface area contributed by atoms with Crippen molar-refractivity contribution < 1.29 is 14.1 Å². The van der Waals surface area contributed by atoms with Crippen molar-refractivity contribution in [3.05, 3.63) is 41.9 Å². The van der Waals surface area contributed by atoms with Crippen LogP contribution in [0.25, 0.3) is 5.69 Å².